The van der Waals surface area contributed by atoms with Crippen LogP contribution >= 0.6 is 0 Å². The van der Waals surface area contributed by atoms with E-state index in [1.807, 2.05) is 36.9 Å². The predicted molar refractivity (Wildman–Crippen MR) is 83.6 cm³/mol. The van der Waals surface area contributed by atoms with E-state index >= 15 is 0 Å². The molecule has 0 saturated carbocycles. The fourth-order valence-electron chi connectivity index (χ4n) is 2.84. The zero-order valence-corrected chi connectivity index (χ0v) is 13.3. The Labute approximate surface area is 131 Å². The molecule has 0 spiro atoms. The Balaban J connectivity index is 1.52. The lowest BCUT2D eigenvalue weighted by Crippen LogP contribution is -2.45. The topological polar surface area (TPSA) is 56.1 Å². The molecule has 0 amide bonds. The van der Waals surface area contributed by atoms with Crippen molar-refractivity contribution >= 4 is 0 Å². The van der Waals surface area contributed by atoms with Crippen molar-refractivity contribution in [1.29, 1.82) is 0 Å². The Morgan fingerprint density at radius 3 is 2.95 bits per heavy atom. The molecule has 2 aromatic rings. The second kappa shape index (κ2) is 6.98. The normalized spacial score (nSPS) is 19.5. The third kappa shape index (κ3) is 3.90. The summed E-state index contributed by atoms with van der Waals surface area (Å²) < 4.78 is 7.83. The van der Waals surface area contributed by atoms with E-state index in [-0.39, 0.29) is 6.10 Å². The number of morpholine rings is 1. The fourth-order valence-corrected chi connectivity index (χ4v) is 2.84. The Morgan fingerprint density at radius 1 is 1.32 bits per heavy atom. The molecule has 118 valence electrons. The summed E-state index contributed by atoms with van der Waals surface area (Å²) in [5.74, 6) is 1.77. The van der Waals surface area contributed by atoms with Gasteiger partial charge in [-0.15, -0.1) is 0 Å². The van der Waals surface area contributed by atoms with Gasteiger partial charge in [-0.3, -0.25) is 9.88 Å². The van der Waals surface area contributed by atoms with E-state index in [1.165, 1.54) is 0 Å². The predicted octanol–water partition coefficient (Wildman–Crippen LogP) is 1.23. The standard InChI is InChI=1S/C16H23N5O/c1-13-18-14(2)21(19-13)12-16-11-20(9-10-22-16)8-6-15-5-3-4-7-17-15/h3-5,7,16H,6,8-12H2,1-2H3/t16-/m1/s1. The third-order valence-electron chi connectivity index (χ3n) is 3.97. The van der Waals surface area contributed by atoms with Gasteiger partial charge in [0.05, 0.1) is 19.3 Å². The van der Waals surface area contributed by atoms with E-state index in [0.29, 0.717) is 0 Å². The Bertz CT molecular complexity index is 598. The van der Waals surface area contributed by atoms with Gasteiger partial charge in [0.1, 0.15) is 11.6 Å². The molecule has 3 heterocycles. The lowest BCUT2D eigenvalue weighted by molar-refractivity contribution is -0.0374. The maximum atomic E-state index is 5.88. The molecule has 1 aliphatic rings. The van der Waals surface area contributed by atoms with E-state index in [1.54, 1.807) is 0 Å². The van der Waals surface area contributed by atoms with Crippen LogP contribution in [0.15, 0.2) is 24.4 Å². The van der Waals surface area contributed by atoms with Gasteiger partial charge >= 0.3 is 0 Å². The first-order valence-electron chi connectivity index (χ1n) is 7.82. The highest BCUT2D eigenvalue weighted by Crippen LogP contribution is 2.09. The van der Waals surface area contributed by atoms with Gasteiger partial charge in [-0.1, -0.05) is 6.07 Å². The van der Waals surface area contributed by atoms with Crippen molar-refractivity contribution in [2.45, 2.75) is 32.9 Å². The molecule has 0 N–H and O–H groups in total. The van der Waals surface area contributed by atoms with Crippen LogP contribution in [0.3, 0.4) is 0 Å². The molecule has 2 aromatic heterocycles. The number of nitrogens with zero attached hydrogens (tertiary/aromatic N) is 5. The average Bonchev–Trinajstić information content (AvgIpc) is 2.84. The first kappa shape index (κ1) is 15.1. The number of aryl methyl sites for hydroxylation is 2. The van der Waals surface area contributed by atoms with Gasteiger partial charge in [-0.25, -0.2) is 9.67 Å². The summed E-state index contributed by atoms with van der Waals surface area (Å²) in [6, 6.07) is 6.08. The zero-order valence-electron chi connectivity index (χ0n) is 13.3. The summed E-state index contributed by atoms with van der Waals surface area (Å²) in [4.78, 5) is 11.2. The number of hydrogen-bond donors (Lipinski definition) is 0. The monoisotopic (exact) mass is 301 g/mol. The van der Waals surface area contributed by atoms with Gasteiger partial charge in [-0.2, -0.15) is 5.10 Å². The average molecular weight is 301 g/mol. The van der Waals surface area contributed by atoms with E-state index in [2.05, 4.69) is 26.0 Å². The summed E-state index contributed by atoms with van der Waals surface area (Å²) in [5, 5.41) is 4.42. The number of ether oxygens (including phenoxy) is 1. The molecule has 0 aliphatic carbocycles. The highest BCUT2D eigenvalue weighted by Gasteiger charge is 2.21. The van der Waals surface area contributed by atoms with Gasteiger partial charge in [0.2, 0.25) is 0 Å². The maximum Gasteiger partial charge on any atom is 0.147 e. The van der Waals surface area contributed by atoms with Gasteiger partial charge in [0.15, 0.2) is 0 Å². The largest absolute Gasteiger partial charge is 0.374 e. The Morgan fingerprint density at radius 2 is 2.23 bits per heavy atom. The molecule has 1 aliphatic heterocycles. The van der Waals surface area contributed by atoms with Crippen LogP contribution in [0.4, 0.5) is 0 Å². The summed E-state index contributed by atoms with van der Waals surface area (Å²) in [7, 11) is 0. The van der Waals surface area contributed by atoms with Crippen LogP contribution in [0, 0.1) is 13.8 Å². The third-order valence-corrected chi connectivity index (χ3v) is 3.97. The molecule has 1 fully saturated rings. The van der Waals surface area contributed by atoms with Gasteiger partial charge < -0.3 is 4.74 Å². The molecule has 6 nitrogen and oxygen atoms in total. The van der Waals surface area contributed by atoms with Gasteiger partial charge in [0.25, 0.3) is 0 Å². The first-order valence-corrected chi connectivity index (χ1v) is 7.82. The first-order chi connectivity index (χ1) is 10.7. The molecule has 1 atom stereocenters. The molecular weight excluding hydrogens is 278 g/mol. The molecule has 3 rings (SSSR count). The zero-order chi connectivity index (χ0) is 15.4. The molecule has 22 heavy (non-hydrogen) atoms. The van der Waals surface area contributed by atoms with Crippen molar-refractivity contribution in [3.8, 4) is 0 Å². The van der Waals surface area contributed by atoms with Crippen molar-refractivity contribution < 1.29 is 4.74 Å². The maximum absolute atomic E-state index is 5.88. The number of pyridine rings is 1. The van der Waals surface area contributed by atoms with Crippen molar-refractivity contribution in [3.63, 3.8) is 0 Å². The van der Waals surface area contributed by atoms with Crippen LogP contribution in [-0.2, 0) is 17.7 Å². The fraction of sp³-hybridized carbons (Fsp3) is 0.562. The SMILES string of the molecule is Cc1nc(C)n(C[C@H]2CN(CCc3ccccn3)CCO2)n1. The van der Waals surface area contributed by atoms with Crippen LogP contribution in [0.1, 0.15) is 17.3 Å². The molecule has 0 unspecified atom stereocenters. The second-order valence-electron chi connectivity index (χ2n) is 5.75. The van der Waals surface area contributed by atoms with Crippen molar-refractivity contribution in [2.24, 2.45) is 0 Å². The van der Waals surface area contributed by atoms with Crippen molar-refractivity contribution in [2.75, 3.05) is 26.2 Å². The van der Waals surface area contributed by atoms with Crippen LogP contribution in [0.5, 0.6) is 0 Å². The number of hydrogen-bond acceptors (Lipinski definition) is 5. The minimum absolute atomic E-state index is 0.178. The lowest BCUT2D eigenvalue weighted by atomic mass is 10.2. The summed E-state index contributed by atoms with van der Waals surface area (Å²) in [6.07, 6.45) is 3.01. The van der Waals surface area contributed by atoms with Crippen molar-refractivity contribution in [1.82, 2.24) is 24.6 Å². The smallest absolute Gasteiger partial charge is 0.147 e. The highest BCUT2D eigenvalue weighted by molar-refractivity contribution is 5.03. The summed E-state index contributed by atoms with van der Waals surface area (Å²) in [5.41, 5.74) is 1.15. The molecule has 1 saturated heterocycles. The minimum atomic E-state index is 0.178. The molecule has 0 aromatic carbocycles. The second-order valence-corrected chi connectivity index (χ2v) is 5.75. The molecular formula is C16H23N5O. The van der Waals surface area contributed by atoms with Crippen LogP contribution in [0.25, 0.3) is 0 Å². The lowest BCUT2D eigenvalue weighted by Gasteiger charge is -2.32. The van der Waals surface area contributed by atoms with Crippen LogP contribution in [0.2, 0.25) is 0 Å². The molecule has 6 heteroatoms. The highest BCUT2D eigenvalue weighted by atomic mass is 16.5. The van der Waals surface area contributed by atoms with E-state index in [9.17, 15) is 0 Å². The number of aromatic nitrogens is 4. The molecule has 0 bridgehead atoms. The van der Waals surface area contributed by atoms with Crippen molar-refractivity contribution in [3.05, 3.63) is 41.7 Å². The Hall–Kier alpha value is -1.79. The minimum Gasteiger partial charge on any atom is -0.374 e. The van der Waals surface area contributed by atoms with Crippen LogP contribution in [-0.4, -0.2) is 57.0 Å². The van der Waals surface area contributed by atoms with Gasteiger partial charge in [-0.05, 0) is 26.0 Å². The summed E-state index contributed by atoms with van der Waals surface area (Å²) in [6.45, 7) is 8.40. The summed E-state index contributed by atoms with van der Waals surface area (Å²) >= 11 is 0. The van der Waals surface area contributed by atoms with E-state index in [4.69, 9.17) is 4.74 Å². The van der Waals surface area contributed by atoms with Gasteiger partial charge in [0, 0.05) is 37.9 Å². The molecule has 0 radical (unpaired) electrons. The number of rotatable bonds is 5. The Kier molecular flexibility index (Phi) is 4.80. The van der Waals surface area contributed by atoms with E-state index in [0.717, 1.165) is 56.5 Å². The quantitative estimate of drug-likeness (QED) is 0.831. The van der Waals surface area contributed by atoms with Crippen LogP contribution < -0.4 is 0 Å². The van der Waals surface area contributed by atoms with E-state index < -0.39 is 0 Å².